The summed E-state index contributed by atoms with van der Waals surface area (Å²) >= 11 is 0. The van der Waals surface area contributed by atoms with Gasteiger partial charge in [0.25, 0.3) is 0 Å². The standard InChI is InChI=1S/C26H21F4N7O/c1-37-11-19(26(28,29)30)35-24(37)16-4-2-14(3-5-16)8-17-9-31-18-10-32-23(36-21(17)18)20-22(15-6-7-15)33-13-34-25(20)38-12-27/h2-5,9-11,13,15,31H,6-8,12H2,1H3. The first-order valence-electron chi connectivity index (χ1n) is 11.9. The maximum Gasteiger partial charge on any atom is 0.434 e. The van der Waals surface area contributed by atoms with E-state index in [1.165, 1.54) is 17.9 Å². The van der Waals surface area contributed by atoms with Gasteiger partial charge in [0, 0.05) is 42.9 Å². The molecule has 1 aliphatic carbocycles. The second-order valence-corrected chi connectivity index (χ2v) is 9.17. The van der Waals surface area contributed by atoms with Gasteiger partial charge in [-0.2, -0.15) is 13.2 Å². The van der Waals surface area contributed by atoms with Crippen LogP contribution in [0.5, 0.6) is 5.88 Å². The molecule has 1 saturated carbocycles. The van der Waals surface area contributed by atoms with Crippen LogP contribution < -0.4 is 4.74 Å². The quantitative estimate of drug-likeness (QED) is 0.279. The first-order chi connectivity index (χ1) is 18.3. The van der Waals surface area contributed by atoms with E-state index in [0.29, 0.717) is 28.9 Å². The van der Waals surface area contributed by atoms with Gasteiger partial charge in [-0.15, -0.1) is 0 Å². The third-order valence-corrected chi connectivity index (χ3v) is 6.49. The Morgan fingerprint density at radius 1 is 1.08 bits per heavy atom. The molecule has 0 saturated heterocycles. The average Bonchev–Trinajstić information content (AvgIpc) is 3.56. The number of benzene rings is 1. The lowest BCUT2D eigenvalue weighted by atomic mass is 10.0. The molecule has 0 atom stereocenters. The summed E-state index contributed by atoms with van der Waals surface area (Å²) in [7, 11) is 1.53. The Labute approximate surface area is 213 Å². The minimum Gasteiger partial charge on any atom is -0.445 e. The SMILES string of the molecule is Cn1cc(C(F)(F)F)nc1-c1ccc(Cc2c[nH]c3cnc(-c4c(OCF)ncnc4C4CC4)nc23)cc1. The Bertz CT molecular complexity index is 1620. The van der Waals surface area contributed by atoms with E-state index in [0.717, 1.165) is 41.4 Å². The van der Waals surface area contributed by atoms with Crippen molar-refractivity contribution in [1.29, 1.82) is 0 Å². The summed E-state index contributed by atoms with van der Waals surface area (Å²) in [5, 5.41) is 0. The van der Waals surface area contributed by atoms with Gasteiger partial charge in [-0.25, -0.2) is 29.3 Å². The van der Waals surface area contributed by atoms with Gasteiger partial charge >= 0.3 is 6.18 Å². The highest BCUT2D eigenvalue weighted by Crippen LogP contribution is 2.45. The van der Waals surface area contributed by atoms with Crippen LogP contribution in [0.2, 0.25) is 0 Å². The molecule has 1 fully saturated rings. The Morgan fingerprint density at radius 3 is 2.55 bits per heavy atom. The van der Waals surface area contributed by atoms with Crippen molar-refractivity contribution >= 4 is 11.0 Å². The van der Waals surface area contributed by atoms with E-state index in [1.807, 2.05) is 18.3 Å². The summed E-state index contributed by atoms with van der Waals surface area (Å²) < 4.78 is 58.7. The summed E-state index contributed by atoms with van der Waals surface area (Å²) in [6, 6.07) is 7.19. The Kier molecular flexibility index (Phi) is 5.81. The number of imidazole rings is 1. The molecule has 0 radical (unpaired) electrons. The lowest BCUT2D eigenvalue weighted by Crippen LogP contribution is -2.04. The second-order valence-electron chi connectivity index (χ2n) is 9.17. The lowest BCUT2D eigenvalue weighted by Gasteiger charge is -2.11. The molecule has 1 N–H and O–H groups in total. The zero-order valence-corrected chi connectivity index (χ0v) is 20.1. The van der Waals surface area contributed by atoms with E-state index in [1.54, 1.807) is 18.3 Å². The minimum absolute atomic E-state index is 0.111. The number of aromatic amines is 1. The second kappa shape index (κ2) is 9.19. The van der Waals surface area contributed by atoms with Gasteiger partial charge in [0.1, 0.15) is 17.7 Å². The van der Waals surface area contributed by atoms with Gasteiger partial charge in [-0.05, 0) is 18.4 Å². The molecule has 0 aliphatic heterocycles. The number of H-pyrrole nitrogens is 1. The topological polar surface area (TPSA) is 94.4 Å². The van der Waals surface area contributed by atoms with Gasteiger partial charge in [-0.3, -0.25) is 0 Å². The number of ether oxygens (including phenoxy) is 1. The maximum absolute atomic E-state index is 13.1. The summed E-state index contributed by atoms with van der Waals surface area (Å²) in [4.78, 5) is 24.7. The summed E-state index contributed by atoms with van der Waals surface area (Å²) in [5.74, 6) is 0.940. The molecule has 38 heavy (non-hydrogen) atoms. The molecule has 5 aromatic rings. The van der Waals surface area contributed by atoms with Crippen LogP contribution in [0.25, 0.3) is 33.8 Å². The van der Waals surface area contributed by atoms with E-state index in [9.17, 15) is 17.6 Å². The van der Waals surface area contributed by atoms with Crippen molar-refractivity contribution in [2.75, 3.05) is 6.86 Å². The first kappa shape index (κ1) is 24.0. The fraction of sp³-hybridized carbons (Fsp3) is 0.269. The molecule has 0 unspecified atom stereocenters. The van der Waals surface area contributed by atoms with Crippen LogP contribution in [0.15, 0.2) is 49.2 Å². The molecule has 1 aromatic carbocycles. The Morgan fingerprint density at radius 2 is 1.87 bits per heavy atom. The van der Waals surface area contributed by atoms with Crippen molar-refractivity contribution in [3.8, 4) is 28.7 Å². The molecule has 0 amide bonds. The molecule has 194 valence electrons. The predicted molar refractivity (Wildman–Crippen MR) is 130 cm³/mol. The van der Waals surface area contributed by atoms with Crippen LogP contribution in [0.1, 0.15) is 41.3 Å². The molecule has 1 aliphatic rings. The molecule has 4 heterocycles. The zero-order valence-electron chi connectivity index (χ0n) is 20.1. The normalized spacial score (nSPS) is 13.8. The fourth-order valence-corrected chi connectivity index (χ4v) is 4.50. The van der Waals surface area contributed by atoms with Gasteiger partial charge < -0.3 is 14.3 Å². The van der Waals surface area contributed by atoms with Crippen molar-refractivity contribution in [3.63, 3.8) is 0 Å². The van der Waals surface area contributed by atoms with Crippen LogP contribution in [0.3, 0.4) is 0 Å². The monoisotopic (exact) mass is 523 g/mol. The van der Waals surface area contributed by atoms with Crippen molar-refractivity contribution in [2.45, 2.75) is 31.4 Å². The van der Waals surface area contributed by atoms with Gasteiger partial charge in [-0.1, -0.05) is 24.3 Å². The van der Waals surface area contributed by atoms with Crippen molar-refractivity contribution < 1.29 is 22.3 Å². The molecule has 0 spiro atoms. The van der Waals surface area contributed by atoms with Crippen LogP contribution in [-0.4, -0.2) is 41.3 Å². The number of alkyl halides is 4. The largest absolute Gasteiger partial charge is 0.445 e. The van der Waals surface area contributed by atoms with Gasteiger partial charge in [0.05, 0.1) is 22.9 Å². The van der Waals surface area contributed by atoms with Crippen molar-refractivity contribution in [1.82, 2.24) is 34.5 Å². The van der Waals surface area contributed by atoms with Gasteiger partial charge in [0.2, 0.25) is 12.7 Å². The van der Waals surface area contributed by atoms with Crippen molar-refractivity contribution in [2.24, 2.45) is 7.05 Å². The first-order valence-corrected chi connectivity index (χ1v) is 11.9. The summed E-state index contributed by atoms with van der Waals surface area (Å²) in [6.07, 6.45) is 3.80. The summed E-state index contributed by atoms with van der Waals surface area (Å²) in [5.41, 5.74) is 4.14. The van der Waals surface area contributed by atoms with E-state index in [2.05, 4.69) is 24.9 Å². The van der Waals surface area contributed by atoms with E-state index >= 15 is 0 Å². The minimum atomic E-state index is -4.50. The number of hydrogen-bond acceptors (Lipinski definition) is 6. The molecular weight excluding hydrogens is 502 g/mol. The summed E-state index contributed by atoms with van der Waals surface area (Å²) in [6.45, 7) is -1.03. The highest BCUT2D eigenvalue weighted by Gasteiger charge is 2.34. The number of nitrogens with zero attached hydrogens (tertiary/aromatic N) is 6. The number of aromatic nitrogens is 7. The predicted octanol–water partition coefficient (Wildman–Crippen LogP) is 5.61. The number of halogens is 4. The van der Waals surface area contributed by atoms with Gasteiger partial charge in [0.15, 0.2) is 11.5 Å². The molecular formula is C26H21F4N7O. The smallest absolute Gasteiger partial charge is 0.434 e. The van der Waals surface area contributed by atoms with E-state index in [-0.39, 0.29) is 17.6 Å². The fourth-order valence-electron chi connectivity index (χ4n) is 4.50. The van der Waals surface area contributed by atoms with E-state index in [4.69, 9.17) is 9.72 Å². The van der Waals surface area contributed by atoms with Crippen LogP contribution in [0, 0.1) is 0 Å². The molecule has 6 rings (SSSR count). The van der Waals surface area contributed by atoms with Crippen molar-refractivity contribution in [3.05, 3.63) is 71.7 Å². The maximum atomic E-state index is 13.1. The van der Waals surface area contributed by atoms with Crippen LogP contribution in [0.4, 0.5) is 17.6 Å². The van der Waals surface area contributed by atoms with Crippen LogP contribution in [-0.2, 0) is 19.6 Å². The Hall–Kier alpha value is -4.35. The average molecular weight is 523 g/mol. The Balaban J connectivity index is 1.31. The highest BCUT2D eigenvalue weighted by atomic mass is 19.4. The molecule has 0 bridgehead atoms. The third kappa shape index (κ3) is 4.46. The zero-order chi connectivity index (χ0) is 26.4. The molecule has 8 nitrogen and oxygen atoms in total. The van der Waals surface area contributed by atoms with E-state index < -0.39 is 18.7 Å². The molecule has 4 aromatic heterocycles. The number of hydrogen-bond donors (Lipinski definition) is 1. The van der Waals surface area contributed by atoms with Crippen LogP contribution >= 0.6 is 0 Å². The number of aryl methyl sites for hydroxylation is 1. The number of rotatable bonds is 7. The number of fused-ring (bicyclic) bond motifs is 1. The molecule has 12 heteroatoms. The number of nitrogens with one attached hydrogen (secondary N) is 1. The third-order valence-electron chi connectivity index (χ3n) is 6.49. The lowest BCUT2D eigenvalue weighted by molar-refractivity contribution is -0.140. The highest BCUT2D eigenvalue weighted by molar-refractivity contribution is 5.81.